The van der Waals surface area contributed by atoms with Crippen molar-refractivity contribution in [3.8, 4) is 0 Å². The molecule has 0 heterocycles. The van der Waals surface area contributed by atoms with E-state index in [-0.39, 0.29) is 11.7 Å². The van der Waals surface area contributed by atoms with Crippen molar-refractivity contribution in [3.05, 3.63) is 6.54 Å². The van der Waals surface area contributed by atoms with Crippen LogP contribution in [-0.2, 0) is 4.79 Å². The first kappa shape index (κ1) is 6.63. The Bertz CT molecular complexity index is 68.5. The van der Waals surface area contributed by atoms with E-state index >= 15 is 0 Å². The van der Waals surface area contributed by atoms with E-state index in [9.17, 15) is 4.79 Å². The molecule has 0 amide bonds. The molecule has 0 saturated carbocycles. The molecule has 0 bridgehead atoms. The van der Waals surface area contributed by atoms with Gasteiger partial charge in [0.1, 0.15) is 0 Å². The Labute approximate surface area is 43.7 Å². The molecule has 7 heavy (non-hydrogen) atoms. The van der Waals surface area contributed by atoms with E-state index in [1.165, 1.54) is 0 Å². The van der Waals surface area contributed by atoms with Crippen LogP contribution < -0.4 is 5.73 Å². The summed E-state index contributed by atoms with van der Waals surface area (Å²) in [5.41, 5.74) is 4.90. The summed E-state index contributed by atoms with van der Waals surface area (Å²) in [4.78, 5) is 10.3. The van der Waals surface area contributed by atoms with Crippen LogP contribution in [0.1, 0.15) is 13.8 Å². The van der Waals surface area contributed by atoms with Gasteiger partial charge in [-0.3, -0.25) is 4.79 Å². The topological polar surface area (TPSA) is 43.1 Å². The van der Waals surface area contributed by atoms with E-state index in [0.717, 1.165) is 6.54 Å². The summed E-state index contributed by atoms with van der Waals surface area (Å²) in [6.45, 7) is 4.72. The number of Topliss-reactive ketones (excluding diaryl/α,β-unsaturated/α-hetero) is 1. The van der Waals surface area contributed by atoms with Crippen LogP contribution in [0.5, 0.6) is 0 Å². The molecule has 0 fully saturated rings. The van der Waals surface area contributed by atoms with Crippen molar-refractivity contribution in [1.29, 1.82) is 0 Å². The highest BCUT2D eigenvalue weighted by atomic mass is 16.1. The summed E-state index contributed by atoms with van der Waals surface area (Å²) < 4.78 is 0. The zero-order chi connectivity index (χ0) is 5.86. The van der Waals surface area contributed by atoms with Gasteiger partial charge in [-0.1, -0.05) is 13.8 Å². The van der Waals surface area contributed by atoms with Gasteiger partial charge in [0.15, 0.2) is 5.78 Å². The number of nitrogens with two attached hydrogens (primary N) is 1. The molecule has 2 heteroatoms. The molecular weight excluding hydrogens is 90.1 g/mol. The maximum Gasteiger partial charge on any atom is 0.154 e. The van der Waals surface area contributed by atoms with Crippen molar-refractivity contribution in [2.24, 2.45) is 11.7 Å². The van der Waals surface area contributed by atoms with Gasteiger partial charge >= 0.3 is 0 Å². The highest BCUT2D eigenvalue weighted by Gasteiger charge is 2.01. The number of hydrogen-bond acceptors (Lipinski definition) is 2. The molecule has 0 aromatic carbocycles. The number of carbonyl (C=O) groups excluding carboxylic acids is 1. The molecule has 1 radical (unpaired) electrons. The van der Waals surface area contributed by atoms with Gasteiger partial charge in [0.05, 0.1) is 6.54 Å². The smallest absolute Gasteiger partial charge is 0.154 e. The van der Waals surface area contributed by atoms with Crippen LogP contribution in [0.3, 0.4) is 0 Å². The minimum Gasteiger partial charge on any atom is -0.320 e. The fourth-order valence-corrected chi connectivity index (χ4v) is 0.192. The van der Waals surface area contributed by atoms with Crippen molar-refractivity contribution < 1.29 is 4.79 Å². The molecule has 0 aliphatic rings. The van der Waals surface area contributed by atoms with Crippen molar-refractivity contribution in [1.82, 2.24) is 0 Å². The van der Waals surface area contributed by atoms with Gasteiger partial charge in [0.2, 0.25) is 0 Å². The second-order valence-electron chi connectivity index (χ2n) is 1.72. The first-order chi connectivity index (χ1) is 3.18. The Kier molecular flexibility index (Phi) is 2.60. The average molecular weight is 100 g/mol. The minimum absolute atomic E-state index is 0.000000000000000222. The second kappa shape index (κ2) is 2.75. The zero-order valence-electron chi connectivity index (χ0n) is 4.64. The molecule has 0 aliphatic carbocycles. The summed E-state index contributed by atoms with van der Waals surface area (Å²) in [5.74, 6) is 0.0463. The highest BCUT2D eigenvalue weighted by Crippen LogP contribution is 1.92. The van der Waals surface area contributed by atoms with E-state index in [4.69, 9.17) is 5.73 Å². The van der Waals surface area contributed by atoms with Crippen molar-refractivity contribution in [2.75, 3.05) is 0 Å². The van der Waals surface area contributed by atoms with Crippen LogP contribution in [-0.4, -0.2) is 5.78 Å². The number of carbonyl (C=O) groups is 1. The first-order valence-electron chi connectivity index (χ1n) is 2.27. The summed E-state index contributed by atoms with van der Waals surface area (Å²) in [6, 6.07) is 0. The van der Waals surface area contributed by atoms with Crippen LogP contribution in [0, 0.1) is 12.5 Å². The Balaban J connectivity index is 3.35. The molecule has 0 aromatic heterocycles. The van der Waals surface area contributed by atoms with Gasteiger partial charge in [-0.15, -0.1) is 0 Å². The second-order valence-corrected chi connectivity index (χ2v) is 1.72. The van der Waals surface area contributed by atoms with Gasteiger partial charge in [-0.05, 0) is 0 Å². The van der Waals surface area contributed by atoms with Gasteiger partial charge in [0.25, 0.3) is 0 Å². The first-order valence-corrected chi connectivity index (χ1v) is 2.27. The van der Waals surface area contributed by atoms with E-state index in [1.807, 2.05) is 13.8 Å². The van der Waals surface area contributed by atoms with Crippen LogP contribution >= 0.6 is 0 Å². The fraction of sp³-hybridized carbons (Fsp3) is 0.600. The number of hydrogen-bond donors (Lipinski definition) is 1. The van der Waals surface area contributed by atoms with E-state index in [2.05, 4.69) is 0 Å². The molecule has 0 spiro atoms. The van der Waals surface area contributed by atoms with Crippen molar-refractivity contribution in [2.45, 2.75) is 13.8 Å². The maximum absolute atomic E-state index is 10.3. The Morgan fingerprint density at radius 2 is 2.14 bits per heavy atom. The van der Waals surface area contributed by atoms with Crippen LogP contribution in [0.4, 0.5) is 0 Å². The van der Waals surface area contributed by atoms with Crippen LogP contribution in [0.15, 0.2) is 0 Å². The fourth-order valence-electron chi connectivity index (χ4n) is 0.192. The molecule has 2 nitrogen and oxygen atoms in total. The molecule has 41 valence electrons. The molecule has 0 saturated heterocycles. The Morgan fingerprint density at radius 1 is 1.71 bits per heavy atom. The molecule has 2 N–H and O–H groups in total. The summed E-state index contributed by atoms with van der Waals surface area (Å²) in [6.07, 6.45) is 0. The molecule has 0 aromatic rings. The third-order valence-electron chi connectivity index (χ3n) is 0.733. The largest absolute Gasteiger partial charge is 0.320 e. The third-order valence-corrected chi connectivity index (χ3v) is 0.733. The van der Waals surface area contributed by atoms with E-state index in [1.54, 1.807) is 0 Å². The Morgan fingerprint density at radius 3 is 2.14 bits per heavy atom. The molecular formula is C5H10NO. The number of ketones is 1. The van der Waals surface area contributed by atoms with Crippen molar-refractivity contribution >= 4 is 5.78 Å². The van der Waals surface area contributed by atoms with E-state index < -0.39 is 0 Å². The SMILES string of the molecule is CC(C)C(=O)[CH]N. The van der Waals surface area contributed by atoms with Crippen LogP contribution in [0.2, 0.25) is 0 Å². The lowest BCUT2D eigenvalue weighted by molar-refractivity contribution is -0.118. The summed E-state index contributed by atoms with van der Waals surface area (Å²) >= 11 is 0. The maximum atomic E-state index is 10.3. The highest BCUT2D eigenvalue weighted by molar-refractivity contribution is 5.87. The van der Waals surface area contributed by atoms with Crippen molar-refractivity contribution in [3.63, 3.8) is 0 Å². The molecule has 0 aliphatic heterocycles. The van der Waals surface area contributed by atoms with Gasteiger partial charge in [-0.2, -0.15) is 0 Å². The lowest BCUT2D eigenvalue weighted by atomic mass is 10.1. The average Bonchev–Trinajstić information content (AvgIpc) is 1.65. The van der Waals surface area contributed by atoms with E-state index in [0.29, 0.717) is 0 Å². The molecule has 0 rings (SSSR count). The van der Waals surface area contributed by atoms with Crippen LogP contribution in [0.25, 0.3) is 0 Å². The lowest BCUT2D eigenvalue weighted by Crippen LogP contribution is -2.12. The van der Waals surface area contributed by atoms with Gasteiger partial charge < -0.3 is 5.73 Å². The lowest BCUT2D eigenvalue weighted by Gasteiger charge is -1.95. The molecule has 0 atom stereocenters. The minimum atomic E-state index is 0.000000000000000222. The molecule has 0 unspecified atom stereocenters. The summed E-state index contributed by atoms with van der Waals surface area (Å²) in [7, 11) is 0. The standard InChI is InChI=1S/C5H10NO/c1-4(2)5(7)3-6/h3-4H,6H2,1-2H3. The monoisotopic (exact) mass is 100 g/mol. The number of rotatable bonds is 2. The predicted octanol–water partition coefficient (Wildman–Crippen LogP) is 0.332. The Hall–Kier alpha value is -0.370. The van der Waals surface area contributed by atoms with Gasteiger partial charge in [-0.25, -0.2) is 0 Å². The zero-order valence-corrected chi connectivity index (χ0v) is 4.64. The third kappa shape index (κ3) is 2.34. The summed E-state index contributed by atoms with van der Waals surface area (Å²) in [5, 5.41) is 0. The van der Waals surface area contributed by atoms with Gasteiger partial charge in [0, 0.05) is 5.92 Å². The normalized spacial score (nSPS) is 9.71. The quantitative estimate of drug-likeness (QED) is 0.543. The predicted molar refractivity (Wildman–Crippen MR) is 28.3 cm³/mol.